The van der Waals surface area contributed by atoms with Crippen molar-refractivity contribution in [2.24, 2.45) is 62.4 Å². The van der Waals surface area contributed by atoms with Crippen LogP contribution in [0.2, 0.25) is 0 Å². The standard InChI is InChI=1S/C32H53NO3/c1-20(2)21-10-15-32(19-36-26(35)18-33)17-16-30(6)22(27(21)32)8-9-24-29(5)13-12-25(34)28(3,4)23(29)11-14-31(24,30)7/h21-25,27,34H,1,8-19,33H2,2-7H3/t21?,22?,23?,24?,25?,27?,29-,30+,31+,32?/m0/s1. The molecule has 0 spiro atoms. The Morgan fingerprint density at radius 2 is 1.64 bits per heavy atom. The molecule has 5 fully saturated rings. The Morgan fingerprint density at radius 1 is 0.917 bits per heavy atom. The minimum absolute atomic E-state index is 0.00281. The van der Waals surface area contributed by atoms with Gasteiger partial charge in [0.25, 0.3) is 0 Å². The first-order valence-corrected chi connectivity index (χ1v) is 15.0. The highest BCUT2D eigenvalue weighted by Gasteiger charge is 2.70. The number of hydrogen-bond donors (Lipinski definition) is 2. The van der Waals surface area contributed by atoms with Gasteiger partial charge >= 0.3 is 5.97 Å². The van der Waals surface area contributed by atoms with Crippen molar-refractivity contribution in [3.05, 3.63) is 12.2 Å². The van der Waals surface area contributed by atoms with Crippen molar-refractivity contribution in [1.29, 1.82) is 0 Å². The third kappa shape index (κ3) is 3.41. The largest absolute Gasteiger partial charge is 0.464 e. The summed E-state index contributed by atoms with van der Waals surface area (Å²) in [5.74, 6) is 2.77. The molecule has 36 heavy (non-hydrogen) atoms. The van der Waals surface area contributed by atoms with Gasteiger partial charge in [0, 0.05) is 5.41 Å². The molecule has 4 nitrogen and oxygen atoms in total. The van der Waals surface area contributed by atoms with Gasteiger partial charge in [-0.05, 0) is 122 Å². The van der Waals surface area contributed by atoms with Gasteiger partial charge in [0.05, 0.1) is 19.3 Å². The van der Waals surface area contributed by atoms with Crippen molar-refractivity contribution >= 4 is 5.97 Å². The minimum Gasteiger partial charge on any atom is -0.464 e. The molecule has 0 radical (unpaired) electrons. The SMILES string of the molecule is C=C(C)C1CCC2(COC(=O)CN)CC[C@]3(C)C(CCC4[C@@]5(C)CCC(O)C(C)(C)C5CC[C@]43C)C12. The first-order valence-electron chi connectivity index (χ1n) is 15.0. The zero-order valence-electron chi connectivity index (χ0n) is 24.0. The van der Waals surface area contributed by atoms with Gasteiger partial charge in [-0.1, -0.05) is 46.8 Å². The summed E-state index contributed by atoms with van der Waals surface area (Å²) in [5.41, 5.74) is 7.90. The second-order valence-electron chi connectivity index (χ2n) is 15.3. The number of nitrogens with two attached hydrogens (primary N) is 1. The number of fused-ring (bicyclic) bond motifs is 7. The normalized spacial score (nSPS) is 51.3. The molecule has 0 amide bonds. The lowest BCUT2D eigenvalue weighted by Crippen LogP contribution is -2.66. The Labute approximate surface area is 220 Å². The molecule has 5 saturated carbocycles. The van der Waals surface area contributed by atoms with Crippen LogP contribution in [-0.2, 0) is 9.53 Å². The van der Waals surface area contributed by atoms with E-state index in [0.29, 0.717) is 47.0 Å². The van der Waals surface area contributed by atoms with Gasteiger partial charge in [-0.15, -0.1) is 0 Å². The zero-order chi connectivity index (χ0) is 26.3. The van der Waals surface area contributed by atoms with Crippen molar-refractivity contribution in [1.82, 2.24) is 0 Å². The highest BCUT2D eigenvalue weighted by molar-refractivity contribution is 5.71. The molecule has 10 atom stereocenters. The van der Waals surface area contributed by atoms with Crippen LogP contribution in [-0.4, -0.2) is 30.3 Å². The van der Waals surface area contributed by atoms with Gasteiger partial charge in [-0.3, -0.25) is 4.79 Å². The zero-order valence-corrected chi connectivity index (χ0v) is 24.0. The number of allylic oxidation sites excluding steroid dienone is 1. The van der Waals surface area contributed by atoms with E-state index in [2.05, 4.69) is 48.1 Å². The number of aliphatic hydroxyl groups excluding tert-OH is 1. The Hall–Kier alpha value is -0.870. The first-order chi connectivity index (χ1) is 16.8. The number of carbonyl (C=O) groups excluding carboxylic acids is 1. The van der Waals surface area contributed by atoms with Crippen LogP contribution < -0.4 is 5.73 Å². The second kappa shape index (κ2) is 8.57. The van der Waals surface area contributed by atoms with Crippen LogP contribution in [0, 0.1) is 56.7 Å². The van der Waals surface area contributed by atoms with Crippen LogP contribution >= 0.6 is 0 Å². The Kier molecular flexibility index (Phi) is 6.36. The molecule has 0 saturated heterocycles. The fourth-order valence-corrected chi connectivity index (χ4v) is 11.8. The Balaban J connectivity index is 1.51. The lowest BCUT2D eigenvalue weighted by atomic mass is 9.32. The van der Waals surface area contributed by atoms with Gasteiger partial charge in [0.2, 0.25) is 0 Å². The van der Waals surface area contributed by atoms with Gasteiger partial charge in [-0.2, -0.15) is 0 Å². The summed E-state index contributed by atoms with van der Waals surface area (Å²) in [5, 5.41) is 11.0. The summed E-state index contributed by atoms with van der Waals surface area (Å²) in [6, 6.07) is 0. The molecule has 0 aliphatic heterocycles. The number of carbonyl (C=O) groups is 1. The summed E-state index contributed by atoms with van der Waals surface area (Å²) in [4.78, 5) is 12.1. The van der Waals surface area contributed by atoms with Crippen LogP contribution in [0.4, 0.5) is 0 Å². The Bertz CT molecular complexity index is 913. The fraction of sp³-hybridized carbons (Fsp3) is 0.906. The average Bonchev–Trinajstić information content (AvgIpc) is 3.21. The summed E-state index contributed by atoms with van der Waals surface area (Å²) >= 11 is 0. The topological polar surface area (TPSA) is 72.5 Å². The number of hydrogen-bond acceptors (Lipinski definition) is 4. The number of ether oxygens (including phenoxy) is 1. The van der Waals surface area contributed by atoms with Crippen molar-refractivity contribution < 1.29 is 14.6 Å². The maximum Gasteiger partial charge on any atom is 0.319 e. The molecule has 0 aromatic heterocycles. The Morgan fingerprint density at radius 3 is 2.31 bits per heavy atom. The summed E-state index contributed by atoms with van der Waals surface area (Å²) in [6.45, 7) is 19.8. The van der Waals surface area contributed by atoms with E-state index < -0.39 is 0 Å². The predicted octanol–water partition coefficient (Wildman–Crippen LogP) is 6.51. The van der Waals surface area contributed by atoms with Gasteiger partial charge in [-0.25, -0.2) is 0 Å². The van der Waals surface area contributed by atoms with E-state index in [-0.39, 0.29) is 34.9 Å². The molecule has 0 aromatic rings. The van der Waals surface area contributed by atoms with E-state index in [0.717, 1.165) is 19.3 Å². The highest BCUT2D eigenvalue weighted by Crippen LogP contribution is 2.77. The average molecular weight is 500 g/mol. The van der Waals surface area contributed by atoms with Crippen LogP contribution in [0.15, 0.2) is 12.2 Å². The monoisotopic (exact) mass is 499 g/mol. The van der Waals surface area contributed by atoms with Crippen LogP contribution in [0.5, 0.6) is 0 Å². The fourth-order valence-electron chi connectivity index (χ4n) is 11.8. The lowest BCUT2D eigenvalue weighted by Gasteiger charge is -2.73. The number of rotatable bonds is 4. The van der Waals surface area contributed by atoms with Crippen molar-refractivity contribution in [2.45, 2.75) is 112 Å². The van der Waals surface area contributed by atoms with E-state index in [4.69, 9.17) is 10.5 Å². The van der Waals surface area contributed by atoms with E-state index in [1.54, 1.807) is 0 Å². The van der Waals surface area contributed by atoms with E-state index >= 15 is 0 Å². The molecule has 0 aromatic carbocycles. The second-order valence-corrected chi connectivity index (χ2v) is 15.3. The van der Waals surface area contributed by atoms with Gasteiger partial charge in [0.1, 0.15) is 0 Å². The lowest BCUT2D eigenvalue weighted by molar-refractivity contribution is -0.249. The van der Waals surface area contributed by atoms with Crippen LogP contribution in [0.25, 0.3) is 0 Å². The van der Waals surface area contributed by atoms with Crippen LogP contribution in [0.3, 0.4) is 0 Å². The minimum atomic E-state index is -0.265. The molecule has 5 aliphatic rings. The third-order valence-electron chi connectivity index (χ3n) is 13.9. The van der Waals surface area contributed by atoms with E-state index in [9.17, 15) is 9.90 Å². The van der Waals surface area contributed by atoms with Crippen molar-refractivity contribution in [2.75, 3.05) is 13.2 Å². The summed E-state index contributed by atoms with van der Waals surface area (Å²) in [7, 11) is 0. The maximum absolute atomic E-state index is 12.1. The van der Waals surface area contributed by atoms with Gasteiger partial charge < -0.3 is 15.6 Å². The molecular weight excluding hydrogens is 446 g/mol. The summed E-state index contributed by atoms with van der Waals surface area (Å²) in [6.07, 6.45) is 11.7. The molecule has 204 valence electrons. The molecule has 4 heteroatoms. The van der Waals surface area contributed by atoms with Crippen molar-refractivity contribution in [3.8, 4) is 0 Å². The first kappa shape index (κ1) is 26.7. The van der Waals surface area contributed by atoms with E-state index in [1.807, 2.05) is 0 Å². The predicted molar refractivity (Wildman–Crippen MR) is 145 cm³/mol. The van der Waals surface area contributed by atoms with Crippen molar-refractivity contribution in [3.63, 3.8) is 0 Å². The molecule has 0 bridgehead atoms. The third-order valence-corrected chi connectivity index (χ3v) is 13.9. The molecular formula is C32H53NO3. The van der Waals surface area contributed by atoms with Crippen LogP contribution in [0.1, 0.15) is 106 Å². The highest BCUT2D eigenvalue weighted by atomic mass is 16.5. The molecule has 5 aliphatic carbocycles. The molecule has 0 heterocycles. The summed E-state index contributed by atoms with van der Waals surface area (Å²) < 4.78 is 5.81. The number of aliphatic hydroxyl groups is 1. The molecule has 7 unspecified atom stereocenters. The smallest absolute Gasteiger partial charge is 0.319 e. The maximum atomic E-state index is 12.1. The molecule has 3 N–H and O–H groups in total. The molecule has 5 rings (SSSR count). The van der Waals surface area contributed by atoms with Gasteiger partial charge in [0.15, 0.2) is 0 Å². The quantitative estimate of drug-likeness (QED) is 0.342. The van der Waals surface area contributed by atoms with E-state index in [1.165, 1.54) is 50.5 Å². The number of esters is 1.